The average molecular weight is 1700 g/mol. The van der Waals surface area contributed by atoms with Crippen LogP contribution in [0.1, 0.15) is 56.9 Å². The SMILES string of the molecule is Fc1c(F)c(F)c(-c2c3nc(c(-c4c(F)c(F)c(F)c(F)c4F)c4nc(c(-c5c(F)c(F)c(F)c(F)c5F)c5ccc([nH]5)c(-c5c(F)c(F)c(F)c(F)c5F)c5nc(c(-c6c(F)c(F)c(F)c(F)c6F)c6ccc([nH]6)c(-c6c(F)c(F)c(F)c(F)c6F)c6nc(c(-c7c(F)c(F)c(F)c(F)c7F)c7nc2C=C7)C=C6)C=C5)C=C4)C=C3)c(F)c1F. The van der Waals surface area contributed by atoms with E-state index in [4.69, 9.17) is 0 Å². The maximum Gasteiger partial charge on any atom is 0.200 e. The normalized spacial score (nSPS) is 12.5. The van der Waals surface area contributed by atoms with E-state index in [0.29, 0.717) is 24.3 Å². The van der Waals surface area contributed by atoms with Gasteiger partial charge in [-0.1, -0.05) is 0 Å². The quantitative estimate of drug-likeness (QED) is 0.0942. The van der Waals surface area contributed by atoms with Crippen LogP contribution in [0, 0.1) is 204 Å². The Kier molecular flexibility index (Phi) is 19.4. The zero-order chi connectivity index (χ0) is 86.2. The summed E-state index contributed by atoms with van der Waals surface area (Å²) in [4.78, 5) is 23.4. The number of nitrogens with one attached hydrogen (secondary N) is 2. The molecule has 0 saturated carbocycles. The largest absolute Gasteiger partial charge is 0.354 e. The third-order valence-electron chi connectivity index (χ3n) is 18.4. The molecule has 7 nitrogen and oxygen atoms in total. The Morgan fingerprint density at radius 1 is 0.118 bits per heavy atom. The lowest BCUT2D eigenvalue weighted by Gasteiger charge is -2.12. The fourth-order valence-corrected chi connectivity index (χ4v) is 13.1. The number of halogens is 35. The average Bonchev–Trinajstić information content (AvgIpc) is 1.60. The summed E-state index contributed by atoms with van der Waals surface area (Å²) in [5.41, 5.74) is -48.8. The van der Waals surface area contributed by atoms with Gasteiger partial charge in [-0.2, -0.15) is 0 Å². The summed E-state index contributed by atoms with van der Waals surface area (Å²) < 4.78 is 558. The Morgan fingerprint density at radius 3 is 0.328 bits per heavy atom. The third kappa shape index (κ3) is 12.0. The number of hydrogen-bond donors (Lipinski definition) is 2. The van der Waals surface area contributed by atoms with Gasteiger partial charge in [-0.15, -0.1) is 0 Å². The van der Waals surface area contributed by atoms with Crippen LogP contribution in [-0.4, -0.2) is 34.9 Å². The zero-order valence-electron chi connectivity index (χ0n) is 56.0. The molecule has 15 rings (SSSR count). The first-order valence-corrected chi connectivity index (χ1v) is 32.0. The van der Waals surface area contributed by atoms with Gasteiger partial charge in [0.15, 0.2) is 163 Å². The Hall–Kier alpha value is -13.9. The molecule has 5 aliphatic rings. The summed E-state index contributed by atoms with van der Waals surface area (Å²) in [6.45, 7) is 0. The predicted molar refractivity (Wildman–Crippen MR) is 348 cm³/mol. The first kappa shape index (κ1) is 80.3. The summed E-state index contributed by atoms with van der Waals surface area (Å²) in [6, 6.07) is 1.24. The first-order chi connectivity index (χ1) is 56.1. The molecule has 0 atom stereocenters. The molecule has 10 aromatic rings. The van der Waals surface area contributed by atoms with Crippen molar-refractivity contribution < 1.29 is 154 Å². The lowest BCUT2D eigenvalue weighted by atomic mass is 9.99. The first-order valence-electron chi connectivity index (χ1n) is 32.0. The van der Waals surface area contributed by atoms with Gasteiger partial charge in [0.1, 0.15) is 0 Å². The third-order valence-corrected chi connectivity index (χ3v) is 18.4. The van der Waals surface area contributed by atoms with Gasteiger partial charge in [-0.3, -0.25) is 0 Å². The molecule has 14 bridgehead atoms. The van der Waals surface area contributed by atoms with E-state index in [2.05, 4.69) is 24.9 Å². The van der Waals surface area contributed by atoms with E-state index in [-0.39, 0.29) is 60.8 Å². The van der Waals surface area contributed by atoms with Gasteiger partial charge in [0.2, 0.25) is 40.7 Å². The molecule has 8 heterocycles. The fraction of sp³-hybridized carbons (Fsp3) is 0. The van der Waals surface area contributed by atoms with Crippen molar-refractivity contribution in [2.24, 2.45) is 0 Å². The highest BCUT2D eigenvalue weighted by atomic mass is 19.2. The topological polar surface area (TPSA) is 96.0 Å². The summed E-state index contributed by atoms with van der Waals surface area (Å²) in [7, 11) is 0. The molecule has 5 aliphatic heterocycles. The van der Waals surface area contributed by atoms with Gasteiger partial charge in [0, 0.05) is 61.0 Å². The molecule has 0 amide bonds. The van der Waals surface area contributed by atoms with E-state index >= 15 is 154 Å². The van der Waals surface area contributed by atoms with Crippen molar-refractivity contribution in [3.05, 3.63) is 285 Å². The monoisotopic (exact) mass is 1700 g/mol. The number of hydrogen-bond acceptors (Lipinski definition) is 5. The highest BCUT2D eigenvalue weighted by Crippen LogP contribution is 2.49. The second-order valence-electron chi connectivity index (χ2n) is 24.9. The van der Waals surface area contributed by atoms with E-state index in [1.807, 2.05) is 9.97 Å². The van der Waals surface area contributed by atoms with Gasteiger partial charge in [-0.25, -0.2) is 179 Å². The van der Waals surface area contributed by atoms with Crippen molar-refractivity contribution in [1.82, 2.24) is 34.9 Å². The van der Waals surface area contributed by atoms with Gasteiger partial charge in [-0.05, 0) is 85.0 Å². The van der Waals surface area contributed by atoms with E-state index in [9.17, 15) is 0 Å². The minimum Gasteiger partial charge on any atom is -0.354 e. The highest BCUT2D eigenvalue weighted by molar-refractivity contribution is 6.02. The smallest absolute Gasteiger partial charge is 0.200 e. The second kappa shape index (κ2) is 28.8. The minimum absolute atomic E-state index is 0.256. The summed E-state index contributed by atoms with van der Waals surface area (Å²) in [5, 5.41) is 0. The molecule has 3 aromatic heterocycles. The predicted octanol–water partition coefficient (Wildman–Crippen LogP) is 24.2. The van der Waals surface area contributed by atoms with Crippen molar-refractivity contribution >= 4 is 82.8 Å². The number of nitrogens with zero attached hydrogens (tertiary/aromatic N) is 5. The van der Waals surface area contributed by atoms with Crippen LogP contribution in [0.5, 0.6) is 0 Å². The van der Waals surface area contributed by atoms with Crippen LogP contribution in [0.15, 0.2) is 24.3 Å². The molecule has 2 N–H and O–H groups in total. The van der Waals surface area contributed by atoms with Crippen LogP contribution in [0.4, 0.5) is 154 Å². The molecule has 604 valence electrons. The number of aromatic amines is 2. The van der Waals surface area contributed by atoms with Crippen LogP contribution in [-0.2, 0) is 0 Å². The fourth-order valence-electron chi connectivity index (χ4n) is 13.1. The Bertz CT molecular complexity index is 6480. The van der Waals surface area contributed by atoms with Gasteiger partial charge in [0.25, 0.3) is 0 Å². The van der Waals surface area contributed by atoms with Crippen molar-refractivity contribution in [2.45, 2.75) is 0 Å². The second-order valence-corrected chi connectivity index (χ2v) is 24.9. The zero-order valence-corrected chi connectivity index (χ0v) is 56.0. The summed E-state index contributed by atoms with van der Waals surface area (Å²) in [6.07, 6.45) is 2.66. The Morgan fingerprint density at radius 2 is 0.210 bits per heavy atom. The molecule has 0 unspecified atom stereocenters. The van der Waals surface area contributed by atoms with Crippen molar-refractivity contribution in [3.8, 4) is 77.9 Å². The van der Waals surface area contributed by atoms with Crippen LogP contribution in [0.2, 0.25) is 0 Å². The Balaban J connectivity index is 1.25. The molecule has 7 aromatic carbocycles. The molecule has 0 aliphatic carbocycles. The van der Waals surface area contributed by atoms with E-state index in [1.54, 1.807) is 0 Å². The lowest BCUT2D eigenvalue weighted by Crippen LogP contribution is -2.07. The van der Waals surface area contributed by atoms with Crippen molar-refractivity contribution in [2.75, 3.05) is 0 Å². The standard InChI is InChI=1S/C77H16F35N7/c78-43-36(44(79)58(93)71(106)57(43)92)29-15-1-2-16(113-15)30(37-45(80)59(94)72(107)60(95)46(37)81)18-5-6-20(115-18)32(39-49(84)63(98)74(109)64(99)50(39)85)22-9-10-24(117-22)34(41-53(88)67(102)76(111)68(103)54(41)89)26-13-14-28(119-26)35(42-55(90)69(104)77(112)70(105)56(42)91)27-12-11-25(118-27)33(40-51(86)65(100)75(110)66(101)52(40)87)23-8-7-21(116-23)31(19-4-3-17(29)114-19)38-47(82)61(96)73(108)62(97)48(38)83/h1-14,113,116H. The van der Waals surface area contributed by atoms with E-state index in [1.165, 1.54) is 0 Å². The van der Waals surface area contributed by atoms with Crippen LogP contribution >= 0.6 is 0 Å². The van der Waals surface area contributed by atoms with Gasteiger partial charge in [0.05, 0.1) is 95.9 Å². The molecule has 42 heteroatoms. The molecule has 0 fully saturated rings. The molecule has 0 spiro atoms. The molecular formula is C77H16F35N7. The van der Waals surface area contributed by atoms with Crippen molar-refractivity contribution in [3.63, 3.8) is 0 Å². The number of H-pyrrole nitrogens is 2. The van der Waals surface area contributed by atoms with Crippen LogP contribution < -0.4 is 0 Å². The number of rotatable bonds is 7. The van der Waals surface area contributed by atoms with Crippen molar-refractivity contribution in [1.29, 1.82) is 0 Å². The maximum atomic E-state index is 16.7. The summed E-state index contributed by atoms with van der Waals surface area (Å²) in [5.74, 6) is -104. The molecule has 0 saturated heterocycles. The Labute approximate surface area is 632 Å². The van der Waals surface area contributed by atoms with E-state index < -0.39 is 360 Å². The van der Waals surface area contributed by atoms with Gasteiger partial charge < -0.3 is 9.97 Å². The van der Waals surface area contributed by atoms with Crippen LogP contribution in [0.3, 0.4) is 0 Å². The van der Waals surface area contributed by atoms with E-state index in [0.717, 1.165) is 0 Å². The minimum atomic E-state index is -3.02. The number of fused-ring (bicyclic) bond motifs is 14. The number of aromatic nitrogens is 7. The number of benzene rings is 7. The highest BCUT2D eigenvalue weighted by Gasteiger charge is 2.40. The summed E-state index contributed by atoms with van der Waals surface area (Å²) >= 11 is 0. The molecule has 0 radical (unpaired) electrons. The molecule has 119 heavy (non-hydrogen) atoms. The maximum absolute atomic E-state index is 16.7. The lowest BCUT2D eigenvalue weighted by molar-refractivity contribution is 0.381. The van der Waals surface area contributed by atoms with Gasteiger partial charge >= 0.3 is 0 Å². The van der Waals surface area contributed by atoms with Crippen LogP contribution in [0.25, 0.3) is 161 Å². The molecular weight excluding hydrogens is 1690 g/mol.